The molecule has 16 heavy (non-hydrogen) atoms. The van der Waals surface area contributed by atoms with Gasteiger partial charge in [0.1, 0.15) is 11.3 Å². The van der Waals surface area contributed by atoms with Gasteiger partial charge in [-0.25, -0.2) is 9.97 Å². The summed E-state index contributed by atoms with van der Waals surface area (Å²) in [6.07, 6.45) is 2.93. The molecule has 86 valence electrons. The molecule has 0 saturated carbocycles. The number of fused-ring (bicyclic) bond motifs is 1. The molecule has 2 aromatic heterocycles. The van der Waals surface area contributed by atoms with Crippen LogP contribution in [-0.4, -0.2) is 14.5 Å². The third kappa shape index (κ3) is 1.92. The summed E-state index contributed by atoms with van der Waals surface area (Å²) >= 11 is 6.14. The van der Waals surface area contributed by atoms with E-state index in [0.29, 0.717) is 0 Å². The summed E-state index contributed by atoms with van der Waals surface area (Å²) in [6.45, 7) is 7.03. The van der Waals surface area contributed by atoms with Crippen molar-refractivity contribution in [3.8, 4) is 0 Å². The van der Waals surface area contributed by atoms with Gasteiger partial charge in [-0.1, -0.05) is 6.92 Å². The quantitative estimate of drug-likeness (QED) is 0.766. The Kier molecular flexibility index (Phi) is 3.15. The summed E-state index contributed by atoms with van der Waals surface area (Å²) in [5.41, 5.74) is 3.01. The molecule has 0 radical (unpaired) electrons. The van der Waals surface area contributed by atoms with E-state index >= 15 is 0 Å². The number of rotatable bonds is 3. The Morgan fingerprint density at radius 2 is 2.25 bits per heavy atom. The molecular formula is C12H16ClN3. The Balaban J connectivity index is 2.65. The van der Waals surface area contributed by atoms with Gasteiger partial charge in [-0.3, -0.25) is 0 Å². The maximum Gasteiger partial charge on any atom is 0.160 e. The van der Waals surface area contributed by atoms with Crippen LogP contribution in [0.3, 0.4) is 0 Å². The second kappa shape index (κ2) is 4.42. The minimum absolute atomic E-state index is 0.0824. The van der Waals surface area contributed by atoms with Crippen molar-refractivity contribution in [2.75, 3.05) is 0 Å². The molecule has 1 unspecified atom stereocenters. The monoisotopic (exact) mass is 237 g/mol. The Hall–Kier alpha value is -1.09. The van der Waals surface area contributed by atoms with E-state index in [1.165, 1.54) is 0 Å². The molecule has 0 aliphatic heterocycles. The van der Waals surface area contributed by atoms with Crippen molar-refractivity contribution in [3.05, 3.63) is 23.7 Å². The molecule has 0 bridgehead atoms. The van der Waals surface area contributed by atoms with Crippen LogP contribution >= 0.6 is 11.6 Å². The SMILES string of the molecule is CCCn1c(C(C)Cl)nc2cc(C)cnc21. The number of imidazole rings is 1. The van der Waals surface area contributed by atoms with E-state index in [-0.39, 0.29) is 5.38 Å². The van der Waals surface area contributed by atoms with Crippen molar-refractivity contribution in [1.29, 1.82) is 0 Å². The maximum absolute atomic E-state index is 6.14. The Bertz CT molecular complexity index is 502. The van der Waals surface area contributed by atoms with Crippen molar-refractivity contribution in [1.82, 2.24) is 14.5 Å². The lowest BCUT2D eigenvalue weighted by atomic mass is 10.3. The number of nitrogens with zero attached hydrogens (tertiary/aromatic N) is 3. The van der Waals surface area contributed by atoms with E-state index in [0.717, 1.165) is 35.5 Å². The minimum atomic E-state index is -0.0824. The van der Waals surface area contributed by atoms with Crippen LogP contribution in [0, 0.1) is 6.92 Å². The van der Waals surface area contributed by atoms with E-state index < -0.39 is 0 Å². The Morgan fingerprint density at radius 3 is 2.88 bits per heavy atom. The van der Waals surface area contributed by atoms with Gasteiger partial charge in [-0.15, -0.1) is 11.6 Å². The number of halogens is 1. The third-order valence-electron chi connectivity index (χ3n) is 2.55. The third-order valence-corrected chi connectivity index (χ3v) is 2.75. The number of pyridine rings is 1. The van der Waals surface area contributed by atoms with Crippen molar-refractivity contribution >= 4 is 22.8 Å². The van der Waals surface area contributed by atoms with Gasteiger partial charge in [-0.05, 0) is 31.9 Å². The molecule has 2 heterocycles. The lowest BCUT2D eigenvalue weighted by molar-refractivity contribution is 0.650. The van der Waals surface area contributed by atoms with Crippen LogP contribution in [0.25, 0.3) is 11.2 Å². The highest BCUT2D eigenvalue weighted by Crippen LogP contribution is 2.24. The standard InChI is InChI=1S/C12H16ClN3/c1-4-5-16-11(9(3)13)15-10-6-8(2)7-14-12(10)16/h6-7,9H,4-5H2,1-3H3. The molecule has 1 atom stereocenters. The molecule has 3 nitrogen and oxygen atoms in total. The highest BCUT2D eigenvalue weighted by Gasteiger charge is 2.14. The van der Waals surface area contributed by atoms with Gasteiger partial charge < -0.3 is 4.57 Å². The van der Waals surface area contributed by atoms with E-state index in [9.17, 15) is 0 Å². The predicted molar refractivity (Wildman–Crippen MR) is 66.8 cm³/mol. The van der Waals surface area contributed by atoms with Gasteiger partial charge in [0.05, 0.1) is 5.38 Å². The van der Waals surface area contributed by atoms with Gasteiger partial charge in [0.25, 0.3) is 0 Å². The molecular weight excluding hydrogens is 222 g/mol. The van der Waals surface area contributed by atoms with Crippen LogP contribution in [0.4, 0.5) is 0 Å². The predicted octanol–water partition coefficient (Wildman–Crippen LogP) is 3.45. The fraction of sp³-hybridized carbons (Fsp3) is 0.500. The highest BCUT2D eigenvalue weighted by molar-refractivity contribution is 6.20. The van der Waals surface area contributed by atoms with Crippen LogP contribution in [0.15, 0.2) is 12.3 Å². The summed E-state index contributed by atoms with van der Waals surface area (Å²) in [5, 5.41) is -0.0824. The first-order valence-corrected chi connectivity index (χ1v) is 6.04. The zero-order valence-electron chi connectivity index (χ0n) is 9.87. The lowest BCUT2D eigenvalue weighted by Crippen LogP contribution is -2.04. The van der Waals surface area contributed by atoms with Crippen molar-refractivity contribution in [3.63, 3.8) is 0 Å². The van der Waals surface area contributed by atoms with Crippen molar-refractivity contribution in [2.24, 2.45) is 0 Å². The molecule has 2 aromatic rings. The molecule has 0 N–H and O–H groups in total. The molecule has 0 aliphatic rings. The summed E-state index contributed by atoms with van der Waals surface area (Å²) < 4.78 is 2.12. The summed E-state index contributed by atoms with van der Waals surface area (Å²) in [7, 11) is 0. The van der Waals surface area contributed by atoms with Gasteiger partial charge in [-0.2, -0.15) is 0 Å². The fourth-order valence-corrected chi connectivity index (χ4v) is 2.04. The smallest absolute Gasteiger partial charge is 0.160 e. The first-order chi connectivity index (χ1) is 7.63. The molecule has 0 aliphatic carbocycles. The normalized spacial score (nSPS) is 13.2. The Labute approximate surface area is 100 Å². The molecule has 0 spiro atoms. The van der Waals surface area contributed by atoms with E-state index in [1.807, 2.05) is 20.0 Å². The zero-order chi connectivity index (χ0) is 11.7. The highest BCUT2D eigenvalue weighted by atomic mass is 35.5. The molecule has 0 amide bonds. The number of hydrogen-bond acceptors (Lipinski definition) is 2. The second-order valence-corrected chi connectivity index (χ2v) is 4.75. The molecule has 0 fully saturated rings. The zero-order valence-corrected chi connectivity index (χ0v) is 10.6. The first-order valence-electron chi connectivity index (χ1n) is 5.60. The van der Waals surface area contributed by atoms with E-state index in [2.05, 4.69) is 27.5 Å². The minimum Gasteiger partial charge on any atom is -0.311 e. The summed E-state index contributed by atoms with van der Waals surface area (Å²) in [5.74, 6) is 0.914. The average Bonchev–Trinajstić information content (AvgIpc) is 2.57. The molecule has 2 rings (SSSR count). The molecule has 0 saturated heterocycles. The number of aryl methyl sites for hydroxylation is 2. The van der Waals surface area contributed by atoms with Gasteiger partial charge in [0.2, 0.25) is 0 Å². The van der Waals surface area contributed by atoms with E-state index in [4.69, 9.17) is 11.6 Å². The number of aromatic nitrogens is 3. The van der Waals surface area contributed by atoms with Crippen molar-refractivity contribution < 1.29 is 0 Å². The van der Waals surface area contributed by atoms with E-state index in [1.54, 1.807) is 0 Å². The second-order valence-electron chi connectivity index (χ2n) is 4.09. The molecule has 0 aromatic carbocycles. The topological polar surface area (TPSA) is 30.7 Å². The van der Waals surface area contributed by atoms with Crippen LogP contribution in [0.5, 0.6) is 0 Å². The molecule has 4 heteroatoms. The van der Waals surface area contributed by atoms with Crippen LogP contribution in [0.1, 0.15) is 37.0 Å². The maximum atomic E-state index is 6.14. The average molecular weight is 238 g/mol. The largest absolute Gasteiger partial charge is 0.311 e. The number of hydrogen-bond donors (Lipinski definition) is 0. The van der Waals surface area contributed by atoms with Crippen molar-refractivity contribution in [2.45, 2.75) is 39.1 Å². The van der Waals surface area contributed by atoms with Crippen LogP contribution in [0.2, 0.25) is 0 Å². The fourth-order valence-electron chi connectivity index (χ4n) is 1.88. The van der Waals surface area contributed by atoms with Gasteiger partial charge in [0.15, 0.2) is 5.65 Å². The van der Waals surface area contributed by atoms with Crippen LogP contribution in [-0.2, 0) is 6.54 Å². The Morgan fingerprint density at radius 1 is 1.50 bits per heavy atom. The van der Waals surface area contributed by atoms with Crippen LogP contribution < -0.4 is 0 Å². The summed E-state index contributed by atoms with van der Waals surface area (Å²) in [4.78, 5) is 9.00. The summed E-state index contributed by atoms with van der Waals surface area (Å²) in [6, 6.07) is 2.05. The first kappa shape index (κ1) is 11.4. The van der Waals surface area contributed by atoms with Gasteiger partial charge >= 0.3 is 0 Å². The van der Waals surface area contributed by atoms with Gasteiger partial charge in [0, 0.05) is 12.7 Å². The number of alkyl halides is 1. The lowest BCUT2D eigenvalue weighted by Gasteiger charge is -2.07.